The largest absolute Gasteiger partial charge is 0.310 e. The monoisotopic (exact) mass is 220 g/mol. The van der Waals surface area contributed by atoms with Crippen molar-refractivity contribution in [1.82, 2.24) is 4.98 Å². The number of carbonyl (C=O) groups is 1. The van der Waals surface area contributed by atoms with E-state index in [1.807, 2.05) is 40.7 Å². The van der Waals surface area contributed by atoms with Gasteiger partial charge in [-0.2, -0.15) is 0 Å². The average molecular weight is 220 g/mol. The number of amides is 1. The third-order valence-corrected chi connectivity index (χ3v) is 3.11. The smallest absolute Gasteiger partial charge is 0.231 e. The molecule has 0 saturated heterocycles. The maximum Gasteiger partial charge on any atom is 0.231 e. The van der Waals surface area contributed by atoms with Crippen LogP contribution in [0.2, 0.25) is 0 Å². The third kappa shape index (κ3) is 2.81. The van der Waals surface area contributed by atoms with Crippen LogP contribution in [0.1, 0.15) is 38.3 Å². The maximum atomic E-state index is 11.9. The lowest BCUT2D eigenvalue weighted by Gasteiger charge is -2.21. The first kappa shape index (κ1) is 12.7. The highest BCUT2D eigenvalue weighted by Crippen LogP contribution is 2.22. The highest BCUT2D eigenvalue weighted by Gasteiger charge is 2.25. The number of pyridine rings is 1. The van der Waals surface area contributed by atoms with Crippen LogP contribution in [-0.2, 0) is 4.79 Å². The number of anilines is 1. The molecule has 1 amide bonds. The summed E-state index contributed by atoms with van der Waals surface area (Å²) >= 11 is 0. The second-order valence-electron chi connectivity index (χ2n) is 4.85. The van der Waals surface area contributed by atoms with Gasteiger partial charge < -0.3 is 5.32 Å². The van der Waals surface area contributed by atoms with Crippen molar-refractivity contribution in [1.29, 1.82) is 0 Å². The Morgan fingerprint density at radius 2 is 2.00 bits per heavy atom. The van der Waals surface area contributed by atoms with Crippen molar-refractivity contribution in [2.45, 2.75) is 41.0 Å². The molecule has 0 saturated carbocycles. The lowest BCUT2D eigenvalue weighted by molar-refractivity contribution is -0.124. The van der Waals surface area contributed by atoms with E-state index in [1.54, 1.807) is 6.20 Å². The van der Waals surface area contributed by atoms with E-state index in [2.05, 4.69) is 10.3 Å². The van der Waals surface area contributed by atoms with E-state index in [1.165, 1.54) is 0 Å². The van der Waals surface area contributed by atoms with Crippen LogP contribution in [0.3, 0.4) is 0 Å². The van der Waals surface area contributed by atoms with Gasteiger partial charge in [0, 0.05) is 11.6 Å². The van der Waals surface area contributed by atoms with Crippen molar-refractivity contribution >= 4 is 11.7 Å². The predicted octanol–water partition coefficient (Wildman–Crippen LogP) is 3.07. The molecule has 1 rings (SSSR count). The minimum atomic E-state index is -0.347. The van der Waals surface area contributed by atoms with Crippen LogP contribution in [0, 0.1) is 19.3 Å². The molecule has 0 aliphatic carbocycles. The Bertz CT molecular complexity index is 397. The molecule has 0 aliphatic rings. The zero-order chi connectivity index (χ0) is 12.3. The molecular formula is C13H20N2O. The second kappa shape index (κ2) is 4.64. The van der Waals surface area contributed by atoms with E-state index in [0.717, 1.165) is 17.5 Å². The Morgan fingerprint density at radius 1 is 1.38 bits per heavy atom. The summed E-state index contributed by atoms with van der Waals surface area (Å²) < 4.78 is 0. The zero-order valence-electron chi connectivity index (χ0n) is 10.7. The Kier molecular flexibility index (Phi) is 3.68. The Labute approximate surface area is 97.3 Å². The van der Waals surface area contributed by atoms with Gasteiger partial charge in [0.15, 0.2) is 0 Å². The fourth-order valence-corrected chi connectivity index (χ4v) is 1.14. The minimum Gasteiger partial charge on any atom is -0.310 e. The van der Waals surface area contributed by atoms with Gasteiger partial charge in [-0.3, -0.25) is 4.79 Å². The van der Waals surface area contributed by atoms with E-state index in [-0.39, 0.29) is 11.3 Å². The molecule has 0 aliphatic heterocycles. The molecule has 1 aromatic heterocycles. The molecule has 1 aromatic rings. The zero-order valence-corrected chi connectivity index (χ0v) is 10.7. The first-order valence-corrected chi connectivity index (χ1v) is 5.61. The topological polar surface area (TPSA) is 42.0 Å². The van der Waals surface area contributed by atoms with Gasteiger partial charge in [-0.05, 0) is 37.5 Å². The Morgan fingerprint density at radius 3 is 2.50 bits per heavy atom. The molecule has 0 fully saturated rings. The van der Waals surface area contributed by atoms with Gasteiger partial charge >= 0.3 is 0 Å². The van der Waals surface area contributed by atoms with Crippen LogP contribution in [0.4, 0.5) is 5.82 Å². The quantitative estimate of drug-likeness (QED) is 0.850. The van der Waals surface area contributed by atoms with Gasteiger partial charge in [0.25, 0.3) is 0 Å². The molecule has 0 unspecified atom stereocenters. The molecule has 0 bridgehead atoms. The van der Waals surface area contributed by atoms with Crippen LogP contribution in [-0.4, -0.2) is 10.9 Å². The summed E-state index contributed by atoms with van der Waals surface area (Å²) in [5.74, 6) is 0.653. The molecule has 0 atom stereocenters. The summed E-state index contributed by atoms with van der Waals surface area (Å²) in [6, 6.07) is 1.90. The van der Waals surface area contributed by atoms with Crippen LogP contribution in [0.5, 0.6) is 0 Å². The van der Waals surface area contributed by atoms with Crippen molar-refractivity contribution in [3.05, 3.63) is 23.4 Å². The van der Waals surface area contributed by atoms with Crippen LogP contribution < -0.4 is 5.32 Å². The molecule has 0 radical (unpaired) electrons. The summed E-state index contributed by atoms with van der Waals surface area (Å²) in [5, 5.41) is 2.85. The van der Waals surface area contributed by atoms with Gasteiger partial charge in [0.05, 0.1) is 0 Å². The van der Waals surface area contributed by atoms with Gasteiger partial charge in [-0.1, -0.05) is 20.8 Å². The van der Waals surface area contributed by atoms with Crippen molar-refractivity contribution in [2.75, 3.05) is 5.32 Å². The predicted molar refractivity (Wildman–Crippen MR) is 66.4 cm³/mol. The number of aryl methyl sites for hydroxylation is 2. The average Bonchev–Trinajstić information content (AvgIpc) is 2.23. The molecule has 3 nitrogen and oxygen atoms in total. The third-order valence-electron chi connectivity index (χ3n) is 3.11. The lowest BCUT2D eigenvalue weighted by atomic mass is 9.89. The van der Waals surface area contributed by atoms with E-state index in [9.17, 15) is 4.79 Å². The minimum absolute atomic E-state index is 0.0192. The van der Waals surface area contributed by atoms with Gasteiger partial charge in [0.2, 0.25) is 5.91 Å². The lowest BCUT2D eigenvalue weighted by Crippen LogP contribution is -2.30. The van der Waals surface area contributed by atoms with E-state index >= 15 is 0 Å². The van der Waals surface area contributed by atoms with Gasteiger partial charge in [-0.15, -0.1) is 0 Å². The fourth-order valence-electron chi connectivity index (χ4n) is 1.14. The number of hydrogen-bond donors (Lipinski definition) is 1. The fraction of sp³-hybridized carbons (Fsp3) is 0.538. The molecule has 1 heterocycles. The Hall–Kier alpha value is -1.38. The molecule has 16 heavy (non-hydrogen) atoms. The Balaban J connectivity index is 2.82. The van der Waals surface area contributed by atoms with Gasteiger partial charge in [0.1, 0.15) is 5.82 Å². The summed E-state index contributed by atoms with van der Waals surface area (Å²) in [7, 11) is 0. The molecule has 88 valence electrons. The SMILES string of the molecule is CCC(C)(C)C(=O)Nc1cc(C)c(C)cn1. The number of hydrogen-bond acceptors (Lipinski definition) is 2. The first-order chi connectivity index (χ1) is 7.36. The van der Waals surface area contributed by atoms with Crippen LogP contribution >= 0.6 is 0 Å². The molecular weight excluding hydrogens is 200 g/mol. The number of aromatic nitrogens is 1. The van der Waals surface area contributed by atoms with Crippen molar-refractivity contribution in [3.8, 4) is 0 Å². The van der Waals surface area contributed by atoms with E-state index in [4.69, 9.17) is 0 Å². The molecule has 1 N–H and O–H groups in total. The summed E-state index contributed by atoms with van der Waals surface area (Å²) in [4.78, 5) is 16.1. The molecule has 3 heteroatoms. The standard InChI is InChI=1S/C13H20N2O/c1-6-13(4,5)12(16)15-11-7-9(2)10(3)8-14-11/h7-8H,6H2,1-5H3,(H,14,15,16). The highest BCUT2D eigenvalue weighted by atomic mass is 16.2. The van der Waals surface area contributed by atoms with Crippen LogP contribution in [0.15, 0.2) is 12.3 Å². The maximum absolute atomic E-state index is 11.9. The number of carbonyl (C=O) groups excluding carboxylic acids is 1. The number of nitrogens with zero attached hydrogens (tertiary/aromatic N) is 1. The number of nitrogens with one attached hydrogen (secondary N) is 1. The molecule has 0 spiro atoms. The molecule has 0 aromatic carbocycles. The highest BCUT2D eigenvalue weighted by molar-refractivity contribution is 5.94. The van der Waals surface area contributed by atoms with E-state index < -0.39 is 0 Å². The van der Waals surface area contributed by atoms with E-state index in [0.29, 0.717) is 5.82 Å². The van der Waals surface area contributed by atoms with Gasteiger partial charge in [-0.25, -0.2) is 4.98 Å². The summed E-state index contributed by atoms with van der Waals surface area (Å²) in [6.45, 7) is 9.89. The van der Waals surface area contributed by atoms with Crippen LogP contribution in [0.25, 0.3) is 0 Å². The second-order valence-corrected chi connectivity index (χ2v) is 4.85. The number of rotatable bonds is 3. The van der Waals surface area contributed by atoms with Crippen molar-refractivity contribution < 1.29 is 4.79 Å². The van der Waals surface area contributed by atoms with Crippen molar-refractivity contribution in [3.63, 3.8) is 0 Å². The first-order valence-electron chi connectivity index (χ1n) is 5.61. The normalized spacial score (nSPS) is 11.3. The summed E-state index contributed by atoms with van der Waals surface area (Å²) in [6.07, 6.45) is 2.59. The summed E-state index contributed by atoms with van der Waals surface area (Å²) in [5.41, 5.74) is 1.92. The van der Waals surface area contributed by atoms with Crippen molar-refractivity contribution in [2.24, 2.45) is 5.41 Å².